The van der Waals surface area contributed by atoms with Crippen molar-refractivity contribution in [3.8, 4) is 5.75 Å². The van der Waals surface area contributed by atoms with Crippen LogP contribution in [0.15, 0.2) is 41.8 Å². The summed E-state index contributed by atoms with van der Waals surface area (Å²) in [6.45, 7) is 0.620. The monoisotopic (exact) mass is 275 g/mol. The molecular formula is C15H17NO2S. The molecule has 19 heavy (non-hydrogen) atoms. The highest BCUT2D eigenvalue weighted by molar-refractivity contribution is 7.09. The second-order valence-corrected chi connectivity index (χ2v) is 5.24. The summed E-state index contributed by atoms with van der Waals surface area (Å²) in [5.41, 5.74) is 1.12. The molecule has 0 bridgehead atoms. The molecule has 3 nitrogen and oxygen atoms in total. The number of carbonyl (C=O) groups excluding carboxylic acids is 1. The number of nitrogens with one attached hydrogen (secondary N) is 1. The fourth-order valence-corrected chi connectivity index (χ4v) is 2.42. The summed E-state index contributed by atoms with van der Waals surface area (Å²) in [5, 5.41) is 4.94. The molecular weight excluding hydrogens is 258 g/mol. The predicted octanol–water partition coefficient (Wildman–Crippen LogP) is 3.01. The molecule has 0 spiro atoms. The van der Waals surface area contributed by atoms with Gasteiger partial charge in [0.05, 0.1) is 13.7 Å². The van der Waals surface area contributed by atoms with Crippen molar-refractivity contribution < 1.29 is 9.53 Å². The number of methoxy groups -OCH3 is 1. The first-order valence-electron chi connectivity index (χ1n) is 6.20. The molecule has 1 N–H and O–H groups in total. The minimum atomic E-state index is 0.0798. The van der Waals surface area contributed by atoms with Crippen molar-refractivity contribution >= 4 is 17.2 Å². The van der Waals surface area contributed by atoms with Crippen LogP contribution in [0, 0.1) is 0 Å². The van der Waals surface area contributed by atoms with Crippen LogP contribution in [0.4, 0.5) is 0 Å². The quantitative estimate of drug-likeness (QED) is 0.880. The van der Waals surface area contributed by atoms with Crippen molar-refractivity contribution in [1.29, 1.82) is 0 Å². The zero-order chi connectivity index (χ0) is 13.5. The van der Waals surface area contributed by atoms with Gasteiger partial charge in [0.2, 0.25) is 5.91 Å². The van der Waals surface area contributed by atoms with E-state index in [4.69, 9.17) is 4.74 Å². The van der Waals surface area contributed by atoms with Crippen LogP contribution in [0.1, 0.15) is 16.9 Å². The van der Waals surface area contributed by atoms with E-state index in [2.05, 4.69) is 5.32 Å². The summed E-state index contributed by atoms with van der Waals surface area (Å²) < 4.78 is 5.16. The van der Waals surface area contributed by atoms with Gasteiger partial charge in [0, 0.05) is 11.3 Å². The standard InChI is InChI=1S/C15H17NO2S/c1-18-13-5-2-4-12(10-13)7-8-15(17)16-11-14-6-3-9-19-14/h2-6,9-10H,7-8,11H2,1H3,(H,16,17). The topological polar surface area (TPSA) is 38.3 Å². The van der Waals surface area contributed by atoms with Crippen LogP contribution in [0.5, 0.6) is 5.75 Å². The van der Waals surface area contributed by atoms with Gasteiger partial charge in [0.25, 0.3) is 0 Å². The Hall–Kier alpha value is -1.81. The highest BCUT2D eigenvalue weighted by atomic mass is 32.1. The van der Waals surface area contributed by atoms with E-state index in [1.165, 1.54) is 4.88 Å². The number of aryl methyl sites for hydroxylation is 1. The number of ether oxygens (including phenoxy) is 1. The number of amides is 1. The van der Waals surface area contributed by atoms with Gasteiger partial charge in [0.15, 0.2) is 0 Å². The fraction of sp³-hybridized carbons (Fsp3) is 0.267. The van der Waals surface area contributed by atoms with E-state index in [-0.39, 0.29) is 5.91 Å². The molecule has 2 aromatic rings. The lowest BCUT2D eigenvalue weighted by Gasteiger charge is -2.05. The van der Waals surface area contributed by atoms with Crippen LogP contribution in [0.2, 0.25) is 0 Å². The van der Waals surface area contributed by atoms with Gasteiger partial charge in [-0.15, -0.1) is 11.3 Å². The van der Waals surface area contributed by atoms with Crippen molar-refractivity contribution in [3.63, 3.8) is 0 Å². The lowest BCUT2D eigenvalue weighted by atomic mass is 10.1. The zero-order valence-electron chi connectivity index (χ0n) is 10.9. The van der Waals surface area contributed by atoms with E-state index in [0.29, 0.717) is 13.0 Å². The molecule has 0 aliphatic carbocycles. The number of hydrogen-bond acceptors (Lipinski definition) is 3. The third-order valence-electron chi connectivity index (χ3n) is 2.81. The Balaban J connectivity index is 1.76. The van der Waals surface area contributed by atoms with Gasteiger partial charge < -0.3 is 10.1 Å². The highest BCUT2D eigenvalue weighted by Gasteiger charge is 2.03. The summed E-state index contributed by atoms with van der Waals surface area (Å²) >= 11 is 1.65. The Morgan fingerprint density at radius 1 is 1.32 bits per heavy atom. The number of benzene rings is 1. The largest absolute Gasteiger partial charge is 0.497 e. The molecule has 0 aliphatic rings. The second kappa shape index (κ2) is 6.95. The predicted molar refractivity (Wildman–Crippen MR) is 77.5 cm³/mol. The molecule has 1 heterocycles. The summed E-state index contributed by atoms with van der Waals surface area (Å²) in [6, 6.07) is 11.8. The third kappa shape index (κ3) is 4.41. The number of hydrogen-bond donors (Lipinski definition) is 1. The molecule has 0 fully saturated rings. The van der Waals surface area contributed by atoms with Crippen LogP contribution in [0.3, 0.4) is 0 Å². The van der Waals surface area contributed by atoms with Gasteiger partial charge in [-0.25, -0.2) is 0 Å². The summed E-state index contributed by atoms with van der Waals surface area (Å²) in [7, 11) is 1.65. The van der Waals surface area contributed by atoms with Crippen LogP contribution in [-0.4, -0.2) is 13.0 Å². The van der Waals surface area contributed by atoms with Crippen LogP contribution in [0.25, 0.3) is 0 Å². The van der Waals surface area contributed by atoms with E-state index in [0.717, 1.165) is 17.7 Å². The fourth-order valence-electron chi connectivity index (χ4n) is 1.77. The molecule has 1 aromatic carbocycles. The van der Waals surface area contributed by atoms with Crippen molar-refractivity contribution in [2.75, 3.05) is 7.11 Å². The van der Waals surface area contributed by atoms with E-state index in [1.807, 2.05) is 41.8 Å². The Labute approximate surface area is 117 Å². The Bertz CT molecular complexity index is 523. The third-order valence-corrected chi connectivity index (χ3v) is 3.69. The van der Waals surface area contributed by atoms with Gasteiger partial charge in [-0.3, -0.25) is 4.79 Å². The SMILES string of the molecule is COc1cccc(CCC(=O)NCc2cccs2)c1. The smallest absolute Gasteiger partial charge is 0.220 e. The molecule has 100 valence electrons. The van der Waals surface area contributed by atoms with Crippen molar-refractivity contribution in [1.82, 2.24) is 5.32 Å². The van der Waals surface area contributed by atoms with E-state index in [1.54, 1.807) is 18.4 Å². The van der Waals surface area contributed by atoms with Gasteiger partial charge in [-0.2, -0.15) is 0 Å². The molecule has 2 rings (SSSR count). The van der Waals surface area contributed by atoms with Gasteiger partial charge in [-0.1, -0.05) is 18.2 Å². The van der Waals surface area contributed by atoms with Gasteiger partial charge in [0.1, 0.15) is 5.75 Å². The van der Waals surface area contributed by atoms with Crippen LogP contribution in [-0.2, 0) is 17.8 Å². The van der Waals surface area contributed by atoms with Gasteiger partial charge in [-0.05, 0) is 35.6 Å². The lowest BCUT2D eigenvalue weighted by Crippen LogP contribution is -2.22. The Morgan fingerprint density at radius 2 is 2.21 bits per heavy atom. The summed E-state index contributed by atoms with van der Waals surface area (Å²) in [4.78, 5) is 12.9. The maximum atomic E-state index is 11.7. The van der Waals surface area contributed by atoms with E-state index in [9.17, 15) is 4.79 Å². The molecule has 4 heteroatoms. The number of rotatable bonds is 6. The van der Waals surface area contributed by atoms with E-state index >= 15 is 0 Å². The molecule has 0 atom stereocenters. The first-order valence-corrected chi connectivity index (χ1v) is 7.08. The molecule has 0 saturated carbocycles. The van der Waals surface area contributed by atoms with Crippen molar-refractivity contribution in [2.45, 2.75) is 19.4 Å². The molecule has 0 saturated heterocycles. The highest BCUT2D eigenvalue weighted by Crippen LogP contribution is 2.14. The van der Waals surface area contributed by atoms with Crippen LogP contribution >= 0.6 is 11.3 Å². The first-order chi connectivity index (χ1) is 9.28. The number of thiophene rings is 1. The van der Waals surface area contributed by atoms with Crippen LogP contribution < -0.4 is 10.1 Å². The maximum Gasteiger partial charge on any atom is 0.220 e. The average Bonchev–Trinajstić information content (AvgIpc) is 2.96. The zero-order valence-corrected chi connectivity index (χ0v) is 11.7. The lowest BCUT2D eigenvalue weighted by molar-refractivity contribution is -0.121. The maximum absolute atomic E-state index is 11.7. The minimum absolute atomic E-state index is 0.0798. The first kappa shape index (κ1) is 13.6. The van der Waals surface area contributed by atoms with Gasteiger partial charge >= 0.3 is 0 Å². The second-order valence-electron chi connectivity index (χ2n) is 4.21. The summed E-state index contributed by atoms with van der Waals surface area (Å²) in [5.74, 6) is 0.910. The Kier molecular flexibility index (Phi) is 4.98. The Morgan fingerprint density at radius 3 is 2.95 bits per heavy atom. The molecule has 1 amide bonds. The molecule has 0 aliphatic heterocycles. The number of carbonyl (C=O) groups is 1. The summed E-state index contributed by atoms with van der Waals surface area (Å²) in [6.07, 6.45) is 1.23. The minimum Gasteiger partial charge on any atom is -0.497 e. The molecule has 1 aromatic heterocycles. The molecule has 0 radical (unpaired) electrons. The normalized spacial score (nSPS) is 10.2. The van der Waals surface area contributed by atoms with Crippen molar-refractivity contribution in [2.24, 2.45) is 0 Å². The van der Waals surface area contributed by atoms with Crippen molar-refractivity contribution in [3.05, 3.63) is 52.2 Å². The van der Waals surface area contributed by atoms with E-state index < -0.39 is 0 Å². The average molecular weight is 275 g/mol. The molecule has 0 unspecified atom stereocenters.